The fraction of sp³-hybridized carbons (Fsp3) is 1.00. The molecule has 2 nitrogen and oxygen atoms in total. The van der Waals surface area contributed by atoms with E-state index in [2.05, 4.69) is 18.7 Å². The SMILES string of the molecule is CC(C)CCOCCN1CC1. The molecule has 2 heteroatoms. The Morgan fingerprint density at radius 1 is 1.27 bits per heavy atom. The molecule has 1 saturated heterocycles. The van der Waals surface area contributed by atoms with E-state index in [-0.39, 0.29) is 0 Å². The molecule has 0 bridgehead atoms. The molecule has 0 aromatic heterocycles. The van der Waals surface area contributed by atoms with Crippen LogP contribution in [-0.4, -0.2) is 37.7 Å². The van der Waals surface area contributed by atoms with E-state index >= 15 is 0 Å². The van der Waals surface area contributed by atoms with Crippen LogP contribution < -0.4 is 0 Å². The Kier molecular flexibility index (Phi) is 3.87. The molecule has 1 heterocycles. The Balaban J connectivity index is 1.73. The fourth-order valence-electron chi connectivity index (χ4n) is 0.909. The lowest BCUT2D eigenvalue weighted by Crippen LogP contribution is -2.09. The lowest BCUT2D eigenvalue weighted by Gasteiger charge is -2.05. The molecule has 1 aliphatic rings. The van der Waals surface area contributed by atoms with Crippen molar-refractivity contribution in [3.05, 3.63) is 0 Å². The maximum Gasteiger partial charge on any atom is 0.0593 e. The van der Waals surface area contributed by atoms with Crippen molar-refractivity contribution >= 4 is 0 Å². The van der Waals surface area contributed by atoms with E-state index in [0.29, 0.717) is 0 Å². The van der Waals surface area contributed by atoms with Gasteiger partial charge >= 0.3 is 0 Å². The summed E-state index contributed by atoms with van der Waals surface area (Å²) in [7, 11) is 0. The second-order valence-corrected chi connectivity index (χ2v) is 3.64. The van der Waals surface area contributed by atoms with Gasteiger partial charge in [0.1, 0.15) is 0 Å². The normalized spacial score (nSPS) is 17.7. The molecule has 0 aromatic rings. The number of ether oxygens (including phenoxy) is 1. The summed E-state index contributed by atoms with van der Waals surface area (Å²) in [6, 6.07) is 0. The summed E-state index contributed by atoms with van der Waals surface area (Å²) < 4.78 is 5.45. The molecule has 0 aromatic carbocycles. The summed E-state index contributed by atoms with van der Waals surface area (Å²) in [6.45, 7) is 10.0. The van der Waals surface area contributed by atoms with E-state index in [4.69, 9.17) is 4.74 Å². The van der Waals surface area contributed by atoms with Crippen LogP contribution in [0.5, 0.6) is 0 Å². The maximum atomic E-state index is 5.45. The van der Waals surface area contributed by atoms with Crippen molar-refractivity contribution in [2.75, 3.05) is 32.8 Å². The highest BCUT2D eigenvalue weighted by Gasteiger charge is 2.15. The molecular formula is C9H19NO. The van der Waals surface area contributed by atoms with Crippen LogP contribution in [0.25, 0.3) is 0 Å². The molecular weight excluding hydrogens is 138 g/mol. The second-order valence-electron chi connectivity index (χ2n) is 3.64. The van der Waals surface area contributed by atoms with Crippen LogP contribution in [0.3, 0.4) is 0 Å². The fourth-order valence-corrected chi connectivity index (χ4v) is 0.909. The van der Waals surface area contributed by atoms with Crippen molar-refractivity contribution in [3.8, 4) is 0 Å². The van der Waals surface area contributed by atoms with Gasteiger partial charge in [-0.05, 0) is 12.3 Å². The van der Waals surface area contributed by atoms with Crippen molar-refractivity contribution in [2.45, 2.75) is 20.3 Å². The molecule has 0 amide bonds. The minimum atomic E-state index is 0.774. The first-order valence-corrected chi connectivity index (χ1v) is 4.59. The smallest absolute Gasteiger partial charge is 0.0593 e. The van der Waals surface area contributed by atoms with Gasteiger partial charge in [0.25, 0.3) is 0 Å². The van der Waals surface area contributed by atoms with Crippen molar-refractivity contribution in [3.63, 3.8) is 0 Å². The molecule has 1 aliphatic heterocycles. The van der Waals surface area contributed by atoms with E-state index < -0.39 is 0 Å². The highest BCUT2D eigenvalue weighted by molar-refractivity contribution is 4.70. The minimum absolute atomic E-state index is 0.774. The van der Waals surface area contributed by atoms with Crippen LogP contribution in [0.4, 0.5) is 0 Å². The average molecular weight is 157 g/mol. The highest BCUT2D eigenvalue weighted by Crippen LogP contribution is 2.02. The summed E-state index contributed by atoms with van der Waals surface area (Å²) in [6.07, 6.45) is 1.19. The van der Waals surface area contributed by atoms with Gasteiger partial charge < -0.3 is 4.74 Å². The van der Waals surface area contributed by atoms with Gasteiger partial charge in [-0.25, -0.2) is 0 Å². The van der Waals surface area contributed by atoms with Gasteiger partial charge in [-0.1, -0.05) is 13.8 Å². The zero-order chi connectivity index (χ0) is 8.10. The molecule has 1 rings (SSSR count). The quantitative estimate of drug-likeness (QED) is 0.426. The summed E-state index contributed by atoms with van der Waals surface area (Å²) in [5.74, 6) is 0.774. The van der Waals surface area contributed by atoms with Crippen LogP contribution in [0, 0.1) is 5.92 Å². The van der Waals surface area contributed by atoms with E-state index in [1.807, 2.05) is 0 Å². The molecule has 0 saturated carbocycles. The molecule has 0 aliphatic carbocycles. The van der Waals surface area contributed by atoms with E-state index in [9.17, 15) is 0 Å². The van der Waals surface area contributed by atoms with Crippen LogP contribution in [-0.2, 0) is 4.74 Å². The second kappa shape index (κ2) is 4.73. The largest absolute Gasteiger partial charge is 0.380 e. The first kappa shape index (κ1) is 9.01. The van der Waals surface area contributed by atoms with Gasteiger partial charge in [0, 0.05) is 26.2 Å². The van der Waals surface area contributed by atoms with Crippen LogP contribution in [0.15, 0.2) is 0 Å². The van der Waals surface area contributed by atoms with E-state index in [1.165, 1.54) is 19.5 Å². The molecule has 11 heavy (non-hydrogen) atoms. The lowest BCUT2D eigenvalue weighted by molar-refractivity contribution is 0.117. The predicted octanol–water partition coefficient (Wildman–Crippen LogP) is 1.36. The zero-order valence-electron chi connectivity index (χ0n) is 7.68. The minimum Gasteiger partial charge on any atom is -0.380 e. The van der Waals surface area contributed by atoms with E-state index in [0.717, 1.165) is 25.7 Å². The molecule has 0 atom stereocenters. The molecule has 0 spiro atoms. The van der Waals surface area contributed by atoms with Crippen molar-refractivity contribution in [1.29, 1.82) is 0 Å². The summed E-state index contributed by atoms with van der Waals surface area (Å²) >= 11 is 0. The Morgan fingerprint density at radius 2 is 2.00 bits per heavy atom. The lowest BCUT2D eigenvalue weighted by atomic mass is 10.1. The summed E-state index contributed by atoms with van der Waals surface area (Å²) in [4.78, 5) is 2.38. The zero-order valence-corrected chi connectivity index (χ0v) is 7.68. The van der Waals surface area contributed by atoms with Crippen molar-refractivity contribution < 1.29 is 4.74 Å². The number of hydrogen-bond acceptors (Lipinski definition) is 2. The number of hydrogen-bond donors (Lipinski definition) is 0. The van der Waals surface area contributed by atoms with Gasteiger partial charge in [-0.2, -0.15) is 0 Å². The maximum absolute atomic E-state index is 5.45. The summed E-state index contributed by atoms with van der Waals surface area (Å²) in [5.41, 5.74) is 0. The molecule has 0 unspecified atom stereocenters. The van der Waals surface area contributed by atoms with Gasteiger partial charge in [-0.3, -0.25) is 4.90 Å². The predicted molar refractivity (Wildman–Crippen MR) is 46.7 cm³/mol. The van der Waals surface area contributed by atoms with Crippen molar-refractivity contribution in [2.24, 2.45) is 5.92 Å². The third-order valence-electron chi connectivity index (χ3n) is 1.93. The molecule has 1 fully saturated rings. The standard InChI is InChI=1S/C9H19NO/c1-9(2)3-7-11-8-6-10-4-5-10/h9H,3-8H2,1-2H3. The monoisotopic (exact) mass is 157 g/mol. The van der Waals surface area contributed by atoms with Gasteiger partial charge in [0.15, 0.2) is 0 Å². The first-order valence-electron chi connectivity index (χ1n) is 4.59. The Bertz CT molecular complexity index is 95.7. The molecule has 0 radical (unpaired) electrons. The van der Waals surface area contributed by atoms with E-state index in [1.54, 1.807) is 0 Å². The van der Waals surface area contributed by atoms with Gasteiger partial charge in [0.2, 0.25) is 0 Å². The Labute approximate surface area is 69.5 Å². The summed E-state index contributed by atoms with van der Waals surface area (Å²) in [5, 5.41) is 0. The Morgan fingerprint density at radius 3 is 2.55 bits per heavy atom. The molecule has 0 N–H and O–H groups in total. The van der Waals surface area contributed by atoms with Crippen LogP contribution in [0.1, 0.15) is 20.3 Å². The number of nitrogens with zero attached hydrogens (tertiary/aromatic N) is 1. The highest BCUT2D eigenvalue weighted by atomic mass is 16.5. The van der Waals surface area contributed by atoms with Crippen LogP contribution >= 0.6 is 0 Å². The average Bonchev–Trinajstić information content (AvgIpc) is 2.70. The molecule has 66 valence electrons. The first-order chi connectivity index (χ1) is 5.29. The Hall–Kier alpha value is -0.0800. The van der Waals surface area contributed by atoms with Gasteiger partial charge in [-0.15, -0.1) is 0 Å². The third-order valence-corrected chi connectivity index (χ3v) is 1.93. The van der Waals surface area contributed by atoms with Crippen LogP contribution in [0.2, 0.25) is 0 Å². The third kappa shape index (κ3) is 5.22. The van der Waals surface area contributed by atoms with Gasteiger partial charge in [0.05, 0.1) is 6.61 Å². The topological polar surface area (TPSA) is 12.2 Å². The van der Waals surface area contributed by atoms with Crippen molar-refractivity contribution in [1.82, 2.24) is 4.90 Å². The number of rotatable bonds is 6.